The first kappa shape index (κ1) is 17.2. The number of nitrogens with one attached hydrogen (secondary N) is 1. The molecule has 1 saturated heterocycles. The van der Waals surface area contributed by atoms with Gasteiger partial charge in [0.1, 0.15) is 0 Å². The van der Waals surface area contributed by atoms with Crippen LogP contribution in [-0.4, -0.2) is 38.1 Å². The third kappa shape index (κ3) is 4.48. The van der Waals surface area contributed by atoms with Crippen molar-refractivity contribution in [3.05, 3.63) is 29.3 Å². The van der Waals surface area contributed by atoms with E-state index in [2.05, 4.69) is 5.32 Å². The molecular formula is C18H23ClN2O3. The lowest BCUT2D eigenvalue weighted by Crippen LogP contribution is -2.34. The third-order valence-corrected chi connectivity index (χ3v) is 4.77. The maximum atomic E-state index is 12.2. The van der Waals surface area contributed by atoms with E-state index < -0.39 is 0 Å². The molecule has 0 aromatic heterocycles. The molecule has 6 heteroatoms. The molecule has 1 aliphatic carbocycles. The van der Waals surface area contributed by atoms with Crippen molar-refractivity contribution in [2.45, 2.75) is 25.7 Å². The predicted molar refractivity (Wildman–Crippen MR) is 93.1 cm³/mol. The zero-order valence-electron chi connectivity index (χ0n) is 13.7. The molecule has 24 heavy (non-hydrogen) atoms. The van der Waals surface area contributed by atoms with Crippen molar-refractivity contribution < 1.29 is 14.3 Å². The number of rotatable bonds is 8. The molecule has 2 aliphatic rings. The van der Waals surface area contributed by atoms with E-state index in [1.54, 1.807) is 17.0 Å². The van der Waals surface area contributed by atoms with Gasteiger partial charge in [-0.25, -0.2) is 0 Å². The number of carbonyl (C=O) groups excluding carboxylic acids is 2. The summed E-state index contributed by atoms with van der Waals surface area (Å²) in [5.41, 5.74) is 0.674. The Kier molecular flexibility index (Phi) is 5.74. The lowest BCUT2D eigenvalue weighted by atomic mass is 10.1. The van der Waals surface area contributed by atoms with E-state index in [1.165, 1.54) is 12.8 Å². The Morgan fingerprint density at radius 3 is 2.88 bits per heavy atom. The third-order valence-electron chi connectivity index (χ3n) is 4.45. The van der Waals surface area contributed by atoms with E-state index in [0.717, 1.165) is 18.9 Å². The SMILES string of the molecule is O=C(NCCCOCC1CC1)C1CC(=O)N(c2ccccc2Cl)C1. The van der Waals surface area contributed by atoms with E-state index in [0.29, 0.717) is 30.4 Å². The smallest absolute Gasteiger partial charge is 0.227 e. The van der Waals surface area contributed by atoms with Gasteiger partial charge in [-0.3, -0.25) is 9.59 Å². The van der Waals surface area contributed by atoms with Crippen molar-refractivity contribution in [1.82, 2.24) is 5.32 Å². The van der Waals surface area contributed by atoms with Crippen LogP contribution in [0.4, 0.5) is 5.69 Å². The first-order valence-corrected chi connectivity index (χ1v) is 8.93. The minimum atomic E-state index is -0.318. The maximum Gasteiger partial charge on any atom is 0.227 e. The lowest BCUT2D eigenvalue weighted by molar-refractivity contribution is -0.126. The number of nitrogens with zero attached hydrogens (tertiary/aromatic N) is 1. The molecule has 1 atom stereocenters. The van der Waals surface area contributed by atoms with Crippen LogP contribution in [-0.2, 0) is 14.3 Å². The summed E-state index contributed by atoms with van der Waals surface area (Å²) in [7, 11) is 0. The summed E-state index contributed by atoms with van der Waals surface area (Å²) in [6.45, 7) is 2.48. The Morgan fingerprint density at radius 2 is 2.12 bits per heavy atom. The molecule has 1 N–H and O–H groups in total. The van der Waals surface area contributed by atoms with E-state index in [-0.39, 0.29) is 24.2 Å². The molecule has 0 spiro atoms. The van der Waals surface area contributed by atoms with Crippen LogP contribution in [0.5, 0.6) is 0 Å². The molecule has 2 fully saturated rings. The number of hydrogen-bond acceptors (Lipinski definition) is 3. The molecule has 1 unspecified atom stereocenters. The van der Waals surface area contributed by atoms with Gasteiger partial charge in [-0.15, -0.1) is 0 Å². The zero-order valence-corrected chi connectivity index (χ0v) is 14.4. The van der Waals surface area contributed by atoms with Gasteiger partial charge in [-0.1, -0.05) is 23.7 Å². The normalized spacial score (nSPS) is 20.5. The fourth-order valence-corrected chi connectivity index (χ4v) is 3.09. The number of anilines is 1. The Morgan fingerprint density at radius 1 is 1.33 bits per heavy atom. The first-order chi connectivity index (χ1) is 11.6. The first-order valence-electron chi connectivity index (χ1n) is 8.55. The predicted octanol–water partition coefficient (Wildman–Crippen LogP) is 2.63. The summed E-state index contributed by atoms with van der Waals surface area (Å²) in [5, 5.41) is 3.43. The van der Waals surface area contributed by atoms with Crippen LogP contribution in [0.15, 0.2) is 24.3 Å². The highest BCUT2D eigenvalue weighted by Crippen LogP contribution is 2.31. The highest BCUT2D eigenvalue weighted by atomic mass is 35.5. The van der Waals surface area contributed by atoms with E-state index in [9.17, 15) is 9.59 Å². The van der Waals surface area contributed by atoms with Gasteiger partial charge in [0.2, 0.25) is 11.8 Å². The Bertz CT molecular complexity index is 604. The number of benzene rings is 1. The summed E-state index contributed by atoms with van der Waals surface area (Å²) < 4.78 is 5.54. The van der Waals surface area contributed by atoms with Gasteiger partial charge < -0.3 is 15.0 Å². The standard InChI is InChI=1S/C18H23ClN2O3/c19-15-4-1-2-5-16(15)21-11-14(10-17(21)22)18(23)20-8-3-9-24-12-13-6-7-13/h1-2,4-5,13-14H,3,6-12H2,(H,20,23). The molecular weight excluding hydrogens is 328 g/mol. The van der Waals surface area contributed by atoms with Crippen molar-refractivity contribution >= 4 is 29.1 Å². The number of amides is 2. The Labute approximate surface area is 147 Å². The van der Waals surface area contributed by atoms with Gasteiger partial charge in [0.25, 0.3) is 0 Å². The number of para-hydroxylation sites is 1. The fraction of sp³-hybridized carbons (Fsp3) is 0.556. The van der Waals surface area contributed by atoms with Crippen molar-refractivity contribution in [2.24, 2.45) is 11.8 Å². The molecule has 2 amide bonds. The highest BCUT2D eigenvalue weighted by Gasteiger charge is 2.35. The molecule has 0 bridgehead atoms. The van der Waals surface area contributed by atoms with E-state index in [4.69, 9.17) is 16.3 Å². The van der Waals surface area contributed by atoms with Gasteiger partial charge >= 0.3 is 0 Å². The van der Waals surface area contributed by atoms with Crippen LogP contribution < -0.4 is 10.2 Å². The summed E-state index contributed by atoms with van der Waals surface area (Å²) in [5.74, 6) is 0.317. The largest absolute Gasteiger partial charge is 0.381 e. The van der Waals surface area contributed by atoms with Crippen LogP contribution in [0.1, 0.15) is 25.7 Å². The van der Waals surface area contributed by atoms with Gasteiger partial charge in [0.05, 0.1) is 16.6 Å². The number of halogens is 1. The lowest BCUT2D eigenvalue weighted by Gasteiger charge is -2.18. The second-order valence-corrected chi connectivity index (χ2v) is 6.93. The molecule has 1 aromatic rings. The Balaban J connectivity index is 1.41. The van der Waals surface area contributed by atoms with Crippen LogP contribution in [0.3, 0.4) is 0 Å². The average molecular weight is 351 g/mol. The van der Waals surface area contributed by atoms with Gasteiger partial charge in [-0.05, 0) is 37.3 Å². The minimum absolute atomic E-state index is 0.0592. The highest BCUT2D eigenvalue weighted by molar-refractivity contribution is 6.33. The van der Waals surface area contributed by atoms with Gasteiger partial charge in [0, 0.05) is 32.7 Å². The van der Waals surface area contributed by atoms with Crippen molar-refractivity contribution in [3.63, 3.8) is 0 Å². The molecule has 1 aromatic carbocycles. The second kappa shape index (κ2) is 7.99. The number of ether oxygens (including phenoxy) is 1. The second-order valence-electron chi connectivity index (χ2n) is 6.52. The topological polar surface area (TPSA) is 58.6 Å². The molecule has 1 aliphatic heterocycles. The molecule has 5 nitrogen and oxygen atoms in total. The van der Waals surface area contributed by atoms with E-state index in [1.807, 2.05) is 12.1 Å². The maximum absolute atomic E-state index is 12.2. The van der Waals surface area contributed by atoms with Crippen molar-refractivity contribution in [2.75, 3.05) is 31.2 Å². The molecule has 0 radical (unpaired) electrons. The monoisotopic (exact) mass is 350 g/mol. The number of carbonyl (C=O) groups is 2. The zero-order chi connectivity index (χ0) is 16.9. The molecule has 1 heterocycles. The average Bonchev–Trinajstić information content (AvgIpc) is 3.32. The van der Waals surface area contributed by atoms with Crippen molar-refractivity contribution in [3.8, 4) is 0 Å². The Hall–Kier alpha value is -1.59. The summed E-state index contributed by atoms with van der Waals surface area (Å²) >= 11 is 6.15. The summed E-state index contributed by atoms with van der Waals surface area (Å²) in [6, 6.07) is 7.21. The fourth-order valence-electron chi connectivity index (χ4n) is 2.85. The molecule has 1 saturated carbocycles. The summed E-state index contributed by atoms with van der Waals surface area (Å²) in [4.78, 5) is 26.0. The van der Waals surface area contributed by atoms with Crippen molar-refractivity contribution in [1.29, 1.82) is 0 Å². The van der Waals surface area contributed by atoms with Crippen LogP contribution in [0.2, 0.25) is 5.02 Å². The van der Waals surface area contributed by atoms with Gasteiger partial charge in [0.15, 0.2) is 0 Å². The minimum Gasteiger partial charge on any atom is -0.381 e. The van der Waals surface area contributed by atoms with E-state index >= 15 is 0 Å². The van der Waals surface area contributed by atoms with Crippen LogP contribution in [0.25, 0.3) is 0 Å². The number of hydrogen-bond donors (Lipinski definition) is 1. The quantitative estimate of drug-likeness (QED) is 0.733. The molecule has 130 valence electrons. The summed E-state index contributed by atoms with van der Waals surface area (Å²) in [6.07, 6.45) is 3.60. The molecule has 3 rings (SSSR count). The van der Waals surface area contributed by atoms with Crippen LogP contribution >= 0.6 is 11.6 Å². The van der Waals surface area contributed by atoms with Crippen LogP contribution in [0, 0.1) is 11.8 Å². The van der Waals surface area contributed by atoms with Gasteiger partial charge in [-0.2, -0.15) is 0 Å².